The Morgan fingerprint density at radius 1 is 1.07 bits per heavy atom. The smallest absolute Gasteiger partial charge is 0.413 e. The van der Waals surface area contributed by atoms with Crippen LogP contribution >= 0.6 is 0 Å². The molecule has 9 nitrogen and oxygen atoms in total. The van der Waals surface area contributed by atoms with Crippen molar-refractivity contribution in [3.05, 3.63) is 77.1 Å². The number of benzene rings is 3. The fraction of sp³-hybridized carbons (Fsp3) is 0.323. The highest BCUT2D eigenvalue weighted by molar-refractivity contribution is 5.88. The van der Waals surface area contributed by atoms with Crippen molar-refractivity contribution in [2.45, 2.75) is 38.8 Å². The van der Waals surface area contributed by atoms with Crippen LogP contribution in [0.2, 0.25) is 0 Å². The predicted octanol–water partition coefficient (Wildman–Crippen LogP) is 6.40. The number of aromatic nitrogens is 2. The summed E-state index contributed by atoms with van der Waals surface area (Å²) in [7, 11) is 1.30. The zero-order chi connectivity index (χ0) is 28.5. The average molecular weight is 558 g/mol. The molecule has 1 fully saturated rings. The number of nitrogens with zero attached hydrogens (tertiary/aromatic N) is 3. The minimum absolute atomic E-state index is 0.0250. The topological polar surface area (TPSA) is 99.8 Å². The lowest BCUT2D eigenvalue weighted by atomic mass is 9.95. The van der Waals surface area contributed by atoms with Crippen LogP contribution in [0.5, 0.6) is 5.75 Å². The number of amides is 3. The number of H-pyrrole nitrogens is 1. The van der Waals surface area contributed by atoms with E-state index in [4.69, 9.17) is 4.74 Å². The van der Waals surface area contributed by atoms with E-state index in [0.29, 0.717) is 37.7 Å². The number of halogens is 1. The summed E-state index contributed by atoms with van der Waals surface area (Å²) in [6.07, 6.45) is 2.23. The third kappa shape index (κ3) is 5.41. The van der Waals surface area contributed by atoms with E-state index in [-0.39, 0.29) is 17.9 Å². The number of aryl methyl sites for hydroxylation is 1. The number of anilines is 1. The van der Waals surface area contributed by atoms with Crippen molar-refractivity contribution >= 4 is 29.1 Å². The molecule has 6 rings (SSSR count). The van der Waals surface area contributed by atoms with E-state index < -0.39 is 6.09 Å². The lowest BCUT2D eigenvalue weighted by molar-refractivity contribution is 0.110. The van der Waals surface area contributed by atoms with E-state index in [1.54, 1.807) is 12.1 Å². The molecule has 41 heavy (non-hydrogen) atoms. The maximum absolute atomic E-state index is 13.9. The van der Waals surface area contributed by atoms with Crippen molar-refractivity contribution in [1.29, 1.82) is 0 Å². The van der Waals surface area contributed by atoms with Gasteiger partial charge in [0.25, 0.3) is 0 Å². The van der Waals surface area contributed by atoms with Crippen molar-refractivity contribution in [1.82, 2.24) is 19.8 Å². The van der Waals surface area contributed by atoms with Crippen LogP contribution < -0.4 is 10.1 Å². The van der Waals surface area contributed by atoms with E-state index in [0.717, 1.165) is 58.3 Å². The molecule has 2 N–H and O–H groups in total. The van der Waals surface area contributed by atoms with Crippen LogP contribution in [0.15, 0.2) is 54.6 Å². The first kappa shape index (κ1) is 26.6. The Labute approximate surface area is 237 Å². The van der Waals surface area contributed by atoms with Gasteiger partial charge in [-0.2, -0.15) is 0 Å². The Balaban J connectivity index is 1.27. The number of fused-ring (bicyclic) bond motifs is 2. The second-order valence-electron chi connectivity index (χ2n) is 10.5. The summed E-state index contributed by atoms with van der Waals surface area (Å²) in [5.74, 6) is 0.839. The van der Waals surface area contributed by atoms with Crippen molar-refractivity contribution < 1.29 is 23.5 Å². The number of imidazole rings is 1. The fourth-order valence-corrected chi connectivity index (χ4v) is 5.81. The summed E-state index contributed by atoms with van der Waals surface area (Å²) in [6, 6.07) is 16.4. The van der Waals surface area contributed by atoms with E-state index >= 15 is 0 Å². The normalized spacial score (nSPS) is 17.0. The minimum Gasteiger partial charge on any atom is -0.491 e. The van der Waals surface area contributed by atoms with Crippen LogP contribution in [0, 0.1) is 12.7 Å². The fourth-order valence-electron chi connectivity index (χ4n) is 5.81. The lowest BCUT2D eigenvalue weighted by Gasteiger charge is -2.39. The van der Waals surface area contributed by atoms with Gasteiger partial charge in [-0.1, -0.05) is 18.2 Å². The molecule has 0 saturated carbocycles. The Morgan fingerprint density at radius 2 is 1.90 bits per heavy atom. The molecule has 3 aromatic carbocycles. The third-order valence-electron chi connectivity index (χ3n) is 7.82. The highest BCUT2D eigenvalue weighted by Gasteiger charge is 2.32. The number of carbonyl (C=O) groups is 2. The van der Waals surface area contributed by atoms with Crippen LogP contribution in [0.25, 0.3) is 22.2 Å². The number of urea groups is 1. The Morgan fingerprint density at radius 3 is 2.71 bits per heavy atom. The summed E-state index contributed by atoms with van der Waals surface area (Å²) in [5, 5.41) is 2.55. The summed E-state index contributed by atoms with van der Waals surface area (Å²) in [5.41, 5.74) is 6.33. The van der Waals surface area contributed by atoms with Gasteiger partial charge >= 0.3 is 12.1 Å². The van der Waals surface area contributed by atoms with Gasteiger partial charge in [0, 0.05) is 12.1 Å². The molecular formula is C31H32FN5O4. The highest BCUT2D eigenvalue weighted by atomic mass is 19.1. The molecule has 1 atom stereocenters. The molecule has 4 aromatic rings. The number of nitrogens with one attached hydrogen (secondary N) is 2. The van der Waals surface area contributed by atoms with Gasteiger partial charge in [0.15, 0.2) is 0 Å². The van der Waals surface area contributed by atoms with Crippen LogP contribution in [0.1, 0.15) is 42.0 Å². The molecule has 1 aromatic heterocycles. The number of carbonyl (C=O) groups excluding carboxylic acids is 2. The number of methoxy groups -OCH3 is 1. The maximum Gasteiger partial charge on any atom is 0.413 e. The summed E-state index contributed by atoms with van der Waals surface area (Å²) < 4.78 is 24.4. The third-order valence-corrected chi connectivity index (χ3v) is 7.82. The highest BCUT2D eigenvalue weighted by Crippen LogP contribution is 2.36. The largest absolute Gasteiger partial charge is 0.491 e. The van der Waals surface area contributed by atoms with Gasteiger partial charge in [0.1, 0.15) is 18.2 Å². The van der Waals surface area contributed by atoms with Crippen LogP contribution in [0.3, 0.4) is 0 Å². The number of hydrogen-bond acceptors (Lipinski definition) is 5. The lowest BCUT2D eigenvalue weighted by Crippen LogP contribution is -2.47. The van der Waals surface area contributed by atoms with Crippen molar-refractivity contribution in [2.24, 2.45) is 0 Å². The number of piperidine rings is 1. The van der Waals surface area contributed by atoms with Gasteiger partial charge < -0.3 is 24.3 Å². The molecule has 3 amide bonds. The zero-order valence-electron chi connectivity index (χ0n) is 23.1. The maximum atomic E-state index is 13.9. The summed E-state index contributed by atoms with van der Waals surface area (Å²) in [6.45, 7) is 3.99. The molecule has 2 aliphatic rings. The molecule has 3 heterocycles. The molecule has 2 aliphatic heterocycles. The SMILES string of the molecule is COC(=O)Nc1nc2ccc(-c3cc(C)c4c(c3)CN(C(=O)N3CCCCC3c3ccc(F)cc3)CCO4)cc2[nH]1. The number of aromatic amines is 1. The number of hydrogen-bond donors (Lipinski definition) is 2. The van der Waals surface area contributed by atoms with E-state index in [9.17, 15) is 14.0 Å². The first-order valence-corrected chi connectivity index (χ1v) is 13.8. The quantitative estimate of drug-likeness (QED) is 0.304. The molecule has 1 saturated heterocycles. The molecule has 1 unspecified atom stereocenters. The Bertz CT molecular complexity index is 1600. The molecule has 212 valence electrons. The Hall–Kier alpha value is -4.60. The van der Waals surface area contributed by atoms with Gasteiger partial charge in [0.2, 0.25) is 5.95 Å². The number of rotatable bonds is 3. The standard InChI is InChI=1S/C31H32FN5O4/c1-19-15-22(21-8-11-25-26(17-21)34-29(33-25)35-30(38)40-2)16-23-18-36(13-14-41-28(19)23)31(39)37-12-4-3-5-27(37)20-6-9-24(32)10-7-20/h6-11,15-17,27H,3-5,12-14,18H2,1-2H3,(H2,33,34,35,38). The van der Waals surface area contributed by atoms with Gasteiger partial charge in [-0.3, -0.25) is 5.32 Å². The van der Waals surface area contributed by atoms with Gasteiger partial charge in [-0.15, -0.1) is 0 Å². The molecule has 0 spiro atoms. The van der Waals surface area contributed by atoms with E-state index in [1.807, 2.05) is 34.9 Å². The number of likely N-dealkylation sites (tertiary alicyclic amines) is 1. The predicted molar refractivity (Wildman–Crippen MR) is 153 cm³/mol. The molecule has 10 heteroatoms. The van der Waals surface area contributed by atoms with Crippen molar-refractivity contribution in [2.75, 3.05) is 32.1 Å². The van der Waals surface area contributed by atoms with Gasteiger partial charge in [-0.05, 0) is 84.8 Å². The molecular weight excluding hydrogens is 525 g/mol. The van der Waals surface area contributed by atoms with Crippen LogP contribution in [-0.2, 0) is 11.3 Å². The first-order valence-electron chi connectivity index (χ1n) is 13.8. The van der Waals surface area contributed by atoms with Crippen LogP contribution in [-0.4, -0.2) is 58.7 Å². The van der Waals surface area contributed by atoms with Crippen molar-refractivity contribution in [3.8, 4) is 16.9 Å². The van der Waals surface area contributed by atoms with Gasteiger partial charge in [0.05, 0.1) is 37.3 Å². The number of ether oxygens (including phenoxy) is 2. The van der Waals surface area contributed by atoms with Gasteiger partial charge in [-0.25, -0.2) is 19.0 Å². The van der Waals surface area contributed by atoms with E-state index in [1.165, 1.54) is 19.2 Å². The zero-order valence-corrected chi connectivity index (χ0v) is 23.1. The second kappa shape index (κ2) is 11.1. The minimum atomic E-state index is -0.599. The molecule has 0 bridgehead atoms. The average Bonchev–Trinajstić information content (AvgIpc) is 3.25. The Kier molecular flexibility index (Phi) is 7.21. The van der Waals surface area contributed by atoms with Crippen LogP contribution in [0.4, 0.5) is 19.9 Å². The first-order chi connectivity index (χ1) is 19.9. The van der Waals surface area contributed by atoms with E-state index in [2.05, 4.69) is 32.2 Å². The summed E-state index contributed by atoms with van der Waals surface area (Å²) >= 11 is 0. The van der Waals surface area contributed by atoms with Crippen molar-refractivity contribution in [3.63, 3.8) is 0 Å². The second-order valence-corrected chi connectivity index (χ2v) is 10.5. The monoisotopic (exact) mass is 557 g/mol. The summed E-state index contributed by atoms with van der Waals surface area (Å²) in [4.78, 5) is 36.8. The molecule has 0 aliphatic carbocycles. The molecule has 0 radical (unpaired) electrons.